The average Bonchev–Trinajstić information content (AvgIpc) is 2.82. The van der Waals surface area contributed by atoms with E-state index in [0.717, 1.165) is 11.6 Å². The van der Waals surface area contributed by atoms with E-state index in [1.807, 2.05) is 6.07 Å². The Hall–Kier alpha value is -2.07. The summed E-state index contributed by atoms with van der Waals surface area (Å²) in [5.41, 5.74) is 1.25. The molecular weight excluding hydrogens is 268 g/mol. The van der Waals surface area contributed by atoms with Crippen LogP contribution in [0.5, 0.6) is 11.5 Å². The van der Waals surface area contributed by atoms with Crippen LogP contribution in [0.4, 0.5) is 0 Å². The number of rotatable bonds is 2. The lowest BCUT2D eigenvalue weighted by molar-refractivity contribution is -0.114. The number of halogens is 1. The number of ketones is 2. The average molecular weight is 277 g/mol. The minimum absolute atomic E-state index is 0.0387. The van der Waals surface area contributed by atoms with Crippen molar-refractivity contribution >= 4 is 23.2 Å². The van der Waals surface area contributed by atoms with Crippen molar-refractivity contribution in [2.75, 3.05) is 6.79 Å². The van der Waals surface area contributed by atoms with E-state index in [-0.39, 0.29) is 23.4 Å². The molecule has 0 saturated carbocycles. The lowest BCUT2D eigenvalue weighted by Gasteiger charge is -2.09. The third-order valence-electron chi connectivity index (χ3n) is 2.93. The zero-order chi connectivity index (χ0) is 13.4. The first-order valence-corrected chi connectivity index (χ1v) is 6.06. The van der Waals surface area contributed by atoms with Gasteiger partial charge in [0.2, 0.25) is 12.6 Å². The van der Waals surface area contributed by atoms with Gasteiger partial charge in [0.15, 0.2) is 17.3 Å². The summed E-state index contributed by atoms with van der Waals surface area (Å²) in [5, 5.41) is -0.0387. The molecule has 19 heavy (non-hydrogen) atoms. The second-order valence-electron chi connectivity index (χ2n) is 4.26. The molecule has 4 nitrogen and oxygen atoms in total. The van der Waals surface area contributed by atoms with Gasteiger partial charge in [0.05, 0.1) is 5.03 Å². The first kappa shape index (κ1) is 12.0. The van der Waals surface area contributed by atoms with Crippen LogP contribution in [0.3, 0.4) is 0 Å². The third kappa shape index (κ3) is 2.27. The predicted molar refractivity (Wildman–Crippen MR) is 68.3 cm³/mol. The second-order valence-corrected chi connectivity index (χ2v) is 4.66. The lowest BCUT2D eigenvalue weighted by Crippen LogP contribution is -2.13. The summed E-state index contributed by atoms with van der Waals surface area (Å²) >= 11 is 5.72. The Balaban J connectivity index is 1.86. The van der Waals surface area contributed by atoms with Gasteiger partial charge in [-0.2, -0.15) is 0 Å². The molecule has 3 rings (SSSR count). The molecule has 1 aromatic rings. The molecule has 1 aromatic carbocycles. The van der Waals surface area contributed by atoms with Gasteiger partial charge in [-0.15, -0.1) is 0 Å². The maximum Gasteiger partial charge on any atom is 0.231 e. The predicted octanol–water partition coefficient (Wildman–Crippen LogP) is 2.16. The van der Waals surface area contributed by atoms with Crippen LogP contribution in [0.1, 0.15) is 5.56 Å². The largest absolute Gasteiger partial charge is 0.454 e. The van der Waals surface area contributed by atoms with Gasteiger partial charge < -0.3 is 9.47 Å². The molecule has 0 spiro atoms. The number of Topliss-reactive ketones (excluding diaryl/α,β-unsaturated/α-hetero) is 1. The van der Waals surface area contributed by atoms with E-state index in [1.54, 1.807) is 12.1 Å². The fraction of sp³-hybridized carbons (Fsp3) is 0.143. The Bertz CT molecular complexity index is 643. The van der Waals surface area contributed by atoms with E-state index in [0.29, 0.717) is 23.5 Å². The Morgan fingerprint density at radius 2 is 1.89 bits per heavy atom. The zero-order valence-electron chi connectivity index (χ0n) is 9.81. The van der Waals surface area contributed by atoms with E-state index in [2.05, 4.69) is 0 Å². The molecule has 0 saturated heterocycles. The van der Waals surface area contributed by atoms with E-state index in [4.69, 9.17) is 21.1 Å². The normalized spacial score (nSPS) is 17.3. The monoisotopic (exact) mass is 276 g/mol. The topological polar surface area (TPSA) is 52.6 Å². The van der Waals surface area contributed by atoms with E-state index >= 15 is 0 Å². The molecule has 1 heterocycles. The Morgan fingerprint density at radius 3 is 2.74 bits per heavy atom. The van der Waals surface area contributed by atoms with Crippen LogP contribution in [-0.4, -0.2) is 18.4 Å². The van der Waals surface area contributed by atoms with Crippen LogP contribution in [0.15, 0.2) is 41.0 Å². The minimum atomic E-state index is -0.307. The number of carbonyl (C=O) groups excluding carboxylic acids is 2. The van der Waals surface area contributed by atoms with Crippen molar-refractivity contribution in [1.29, 1.82) is 0 Å². The highest BCUT2D eigenvalue weighted by Gasteiger charge is 2.21. The van der Waals surface area contributed by atoms with Gasteiger partial charge in [0.25, 0.3) is 0 Å². The molecule has 0 aromatic heterocycles. The number of ether oxygens (including phenoxy) is 2. The van der Waals surface area contributed by atoms with Gasteiger partial charge in [-0.1, -0.05) is 17.7 Å². The van der Waals surface area contributed by atoms with E-state index < -0.39 is 0 Å². The van der Waals surface area contributed by atoms with Crippen molar-refractivity contribution in [3.63, 3.8) is 0 Å². The highest BCUT2D eigenvalue weighted by Crippen LogP contribution is 2.33. The van der Waals surface area contributed by atoms with Crippen molar-refractivity contribution in [2.45, 2.75) is 6.42 Å². The number of hydrogen-bond acceptors (Lipinski definition) is 4. The molecule has 0 fully saturated rings. The van der Waals surface area contributed by atoms with Gasteiger partial charge in [0, 0.05) is 18.1 Å². The maximum absolute atomic E-state index is 11.8. The molecule has 0 N–H and O–H groups in total. The van der Waals surface area contributed by atoms with E-state index in [9.17, 15) is 9.59 Å². The highest BCUT2D eigenvalue weighted by atomic mass is 35.5. The standard InChI is InChI=1S/C14H9ClO4/c15-11-6-10(16)5-9(14(11)17)3-8-1-2-12-13(4-8)19-7-18-12/h1-2,4-6H,3,7H2. The van der Waals surface area contributed by atoms with Crippen LogP contribution in [0.2, 0.25) is 0 Å². The number of hydrogen-bond donors (Lipinski definition) is 0. The van der Waals surface area contributed by atoms with Crippen LogP contribution in [-0.2, 0) is 16.0 Å². The first-order valence-electron chi connectivity index (χ1n) is 5.68. The van der Waals surface area contributed by atoms with Crippen molar-refractivity contribution < 1.29 is 19.1 Å². The molecule has 0 amide bonds. The maximum atomic E-state index is 11.8. The molecule has 1 aliphatic carbocycles. The fourth-order valence-electron chi connectivity index (χ4n) is 2.02. The fourth-order valence-corrected chi connectivity index (χ4v) is 2.25. The second kappa shape index (κ2) is 4.55. The Morgan fingerprint density at radius 1 is 1.11 bits per heavy atom. The van der Waals surface area contributed by atoms with Gasteiger partial charge in [-0.05, 0) is 23.8 Å². The summed E-state index contributed by atoms with van der Waals surface area (Å²) in [6.45, 7) is 0.202. The summed E-state index contributed by atoms with van der Waals surface area (Å²) in [5.74, 6) is 0.760. The van der Waals surface area contributed by atoms with Crippen molar-refractivity contribution in [3.8, 4) is 11.5 Å². The van der Waals surface area contributed by atoms with Gasteiger partial charge in [-0.25, -0.2) is 0 Å². The van der Waals surface area contributed by atoms with Crippen LogP contribution >= 0.6 is 11.6 Å². The van der Waals surface area contributed by atoms with Crippen LogP contribution in [0.25, 0.3) is 0 Å². The zero-order valence-corrected chi connectivity index (χ0v) is 10.6. The number of benzene rings is 1. The first-order chi connectivity index (χ1) is 9.13. The van der Waals surface area contributed by atoms with E-state index in [1.165, 1.54) is 6.08 Å². The molecule has 96 valence electrons. The molecule has 0 radical (unpaired) electrons. The molecule has 2 aliphatic rings. The van der Waals surface area contributed by atoms with Crippen molar-refractivity contribution in [3.05, 3.63) is 46.5 Å². The Labute approximate surface area is 114 Å². The molecule has 0 bridgehead atoms. The van der Waals surface area contributed by atoms with Crippen molar-refractivity contribution in [2.24, 2.45) is 0 Å². The highest BCUT2D eigenvalue weighted by molar-refractivity contribution is 6.48. The summed E-state index contributed by atoms with van der Waals surface area (Å²) < 4.78 is 10.5. The molecule has 0 atom stereocenters. The van der Waals surface area contributed by atoms with Gasteiger partial charge in [-0.3, -0.25) is 9.59 Å². The lowest BCUT2D eigenvalue weighted by atomic mass is 9.96. The number of fused-ring (bicyclic) bond motifs is 1. The molecular formula is C14H9ClO4. The number of allylic oxidation sites excluding steroid dienone is 4. The summed E-state index contributed by atoms with van der Waals surface area (Å²) in [4.78, 5) is 23.2. The SMILES string of the molecule is O=C1C=C(Cl)C(=O)C(Cc2ccc3c(c2)OCO3)=C1. The van der Waals surface area contributed by atoms with Crippen LogP contribution < -0.4 is 9.47 Å². The minimum Gasteiger partial charge on any atom is -0.454 e. The smallest absolute Gasteiger partial charge is 0.231 e. The summed E-state index contributed by atoms with van der Waals surface area (Å²) in [6, 6.07) is 5.41. The van der Waals surface area contributed by atoms with Gasteiger partial charge in [0.1, 0.15) is 0 Å². The quantitative estimate of drug-likeness (QED) is 0.777. The number of carbonyl (C=O) groups is 2. The molecule has 5 heteroatoms. The third-order valence-corrected chi connectivity index (χ3v) is 3.21. The molecule has 0 unspecified atom stereocenters. The Kier molecular flexibility index (Phi) is 2.87. The summed E-state index contributed by atoms with van der Waals surface area (Å²) in [6.07, 6.45) is 2.79. The molecule has 1 aliphatic heterocycles. The van der Waals surface area contributed by atoms with Gasteiger partial charge >= 0.3 is 0 Å². The summed E-state index contributed by atoms with van der Waals surface area (Å²) in [7, 11) is 0. The van der Waals surface area contributed by atoms with Crippen molar-refractivity contribution in [1.82, 2.24) is 0 Å². The van der Waals surface area contributed by atoms with Crippen LogP contribution in [0, 0.1) is 0 Å².